The van der Waals surface area contributed by atoms with Crippen LogP contribution in [-0.2, 0) is 24.3 Å². The molecule has 1 atom stereocenters. The van der Waals surface area contributed by atoms with Gasteiger partial charge in [-0.3, -0.25) is 14.5 Å². The number of fused-ring (bicyclic) bond motifs is 1. The molecule has 1 fully saturated rings. The summed E-state index contributed by atoms with van der Waals surface area (Å²) in [4.78, 5) is 31.8. The van der Waals surface area contributed by atoms with E-state index in [2.05, 4.69) is 34.1 Å². The van der Waals surface area contributed by atoms with E-state index in [-0.39, 0.29) is 17.5 Å². The molecule has 136 valence electrons. The lowest BCUT2D eigenvalue weighted by molar-refractivity contribution is -0.139. The predicted molar refractivity (Wildman–Crippen MR) is 101 cm³/mol. The van der Waals surface area contributed by atoms with Crippen LogP contribution in [0.25, 0.3) is 0 Å². The number of aromatic amines is 1. The van der Waals surface area contributed by atoms with E-state index in [9.17, 15) is 9.59 Å². The first-order valence-corrected chi connectivity index (χ1v) is 9.48. The van der Waals surface area contributed by atoms with Crippen LogP contribution in [-0.4, -0.2) is 39.8 Å². The van der Waals surface area contributed by atoms with Crippen molar-refractivity contribution < 1.29 is 4.79 Å². The summed E-state index contributed by atoms with van der Waals surface area (Å²) in [5.74, 6) is 0.234. The summed E-state index contributed by atoms with van der Waals surface area (Å²) in [7, 11) is 0. The van der Waals surface area contributed by atoms with Crippen LogP contribution in [0.2, 0.25) is 0 Å². The van der Waals surface area contributed by atoms with E-state index in [1.165, 1.54) is 5.56 Å². The molecule has 2 aromatic rings. The van der Waals surface area contributed by atoms with E-state index in [0.29, 0.717) is 13.1 Å². The molecule has 1 aromatic heterocycles. The Bertz CT molecular complexity index is 831. The van der Waals surface area contributed by atoms with Crippen molar-refractivity contribution in [1.82, 2.24) is 14.8 Å². The molecule has 2 aliphatic heterocycles. The Kier molecular flexibility index (Phi) is 4.89. The first-order valence-electron chi connectivity index (χ1n) is 9.48. The van der Waals surface area contributed by atoms with Gasteiger partial charge in [-0.2, -0.15) is 0 Å². The Hall–Kier alpha value is -2.40. The third kappa shape index (κ3) is 3.58. The molecule has 3 heterocycles. The molecule has 0 aliphatic carbocycles. The molecule has 0 radical (unpaired) electrons. The largest absolute Gasteiger partial charge is 0.337 e. The van der Waals surface area contributed by atoms with Gasteiger partial charge in [0, 0.05) is 31.9 Å². The molecule has 1 aromatic carbocycles. The second kappa shape index (κ2) is 7.46. The van der Waals surface area contributed by atoms with E-state index in [1.54, 1.807) is 12.3 Å². The number of carbonyl (C=O) groups is 1. The van der Waals surface area contributed by atoms with E-state index in [0.717, 1.165) is 49.9 Å². The maximum absolute atomic E-state index is 13.2. The number of nitrogens with one attached hydrogen (secondary N) is 1. The van der Waals surface area contributed by atoms with Crippen LogP contribution in [0, 0.1) is 0 Å². The van der Waals surface area contributed by atoms with Gasteiger partial charge < -0.3 is 9.88 Å². The van der Waals surface area contributed by atoms with Crippen LogP contribution in [0.15, 0.2) is 47.4 Å². The standard InChI is InChI=1S/C21H25N3O2/c25-20-12-17-9-11-24(15-18(17)13-22-20)21(26)19-8-4-5-10-23(19)14-16-6-2-1-3-7-16/h1-3,6-7,12-13,19H,4-5,8-11,14-15H2,(H,22,25). The summed E-state index contributed by atoms with van der Waals surface area (Å²) in [5, 5.41) is 0. The molecule has 1 N–H and O–H groups in total. The Morgan fingerprint density at radius 2 is 1.96 bits per heavy atom. The number of carbonyl (C=O) groups excluding carboxylic acids is 1. The number of rotatable bonds is 3. The predicted octanol–water partition coefficient (Wildman–Crippen LogP) is 2.31. The van der Waals surface area contributed by atoms with Crippen LogP contribution >= 0.6 is 0 Å². The van der Waals surface area contributed by atoms with Gasteiger partial charge in [-0.05, 0) is 42.5 Å². The quantitative estimate of drug-likeness (QED) is 0.923. The zero-order valence-electron chi connectivity index (χ0n) is 15.0. The number of hydrogen-bond donors (Lipinski definition) is 1. The summed E-state index contributed by atoms with van der Waals surface area (Å²) in [6.45, 7) is 3.10. The van der Waals surface area contributed by atoms with Crippen LogP contribution < -0.4 is 5.56 Å². The first kappa shape index (κ1) is 17.0. The molecule has 2 aliphatic rings. The van der Waals surface area contributed by atoms with Gasteiger partial charge in [0.2, 0.25) is 11.5 Å². The van der Waals surface area contributed by atoms with E-state index < -0.39 is 0 Å². The maximum Gasteiger partial charge on any atom is 0.248 e. The highest BCUT2D eigenvalue weighted by Crippen LogP contribution is 2.24. The third-order valence-electron chi connectivity index (χ3n) is 5.56. The summed E-state index contributed by atoms with van der Waals surface area (Å²) in [5.41, 5.74) is 3.33. The molecule has 0 bridgehead atoms. The fraction of sp³-hybridized carbons (Fsp3) is 0.429. The summed E-state index contributed by atoms with van der Waals surface area (Å²) in [6.07, 6.45) is 5.72. The van der Waals surface area contributed by atoms with Gasteiger partial charge in [-0.15, -0.1) is 0 Å². The van der Waals surface area contributed by atoms with Crippen molar-refractivity contribution in [3.63, 3.8) is 0 Å². The van der Waals surface area contributed by atoms with Crippen molar-refractivity contribution >= 4 is 5.91 Å². The molecular weight excluding hydrogens is 326 g/mol. The number of amides is 1. The number of H-pyrrole nitrogens is 1. The minimum absolute atomic E-state index is 0.0340. The van der Waals surface area contributed by atoms with E-state index >= 15 is 0 Å². The number of pyridine rings is 1. The Balaban J connectivity index is 1.48. The molecule has 5 nitrogen and oxygen atoms in total. The van der Waals surface area contributed by atoms with Gasteiger partial charge in [0.05, 0.1) is 6.04 Å². The van der Waals surface area contributed by atoms with Gasteiger partial charge in [0.15, 0.2) is 0 Å². The molecule has 4 rings (SSSR count). The topological polar surface area (TPSA) is 56.4 Å². The number of aromatic nitrogens is 1. The van der Waals surface area contributed by atoms with Crippen molar-refractivity contribution in [1.29, 1.82) is 0 Å². The van der Waals surface area contributed by atoms with Crippen LogP contribution in [0.3, 0.4) is 0 Å². The lowest BCUT2D eigenvalue weighted by atomic mass is 9.97. The second-order valence-corrected chi connectivity index (χ2v) is 7.33. The minimum Gasteiger partial charge on any atom is -0.337 e. The Labute approximate surface area is 153 Å². The van der Waals surface area contributed by atoms with Crippen molar-refractivity contribution in [2.45, 2.75) is 44.8 Å². The number of benzene rings is 1. The van der Waals surface area contributed by atoms with Gasteiger partial charge in [-0.25, -0.2) is 0 Å². The third-order valence-corrected chi connectivity index (χ3v) is 5.56. The first-order chi connectivity index (χ1) is 12.7. The van der Waals surface area contributed by atoms with Gasteiger partial charge in [-0.1, -0.05) is 36.8 Å². The van der Waals surface area contributed by atoms with Crippen molar-refractivity contribution in [2.75, 3.05) is 13.1 Å². The van der Waals surface area contributed by atoms with E-state index in [1.807, 2.05) is 11.0 Å². The zero-order chi connectivity index (χ0) is 17.9. The minimum atomic E-state index is -0.0650. The monoisotopic (exact) mass is 351 g/mol. The molecular formula is C21H25N3O2. The summed E-state index contributed by atoms with van der Waals surface area (Å²) in [6, 6.07) is 12.0. The highest BCUT2D eigenvalue weighted by molar-refractivity contribution is 5.82. The van der Waals surface area contributed by atoms with Crippen LogP contribution in [0.1, 0.15) is 36.0 Å². The van der Waals surface area contributed by atoms with E-state index in [4.69, 9.17) is 0 Å². The van der Waals surface area contributed by atoms with Crippen molar-refractivity contribution in [3.05, 3.63) is 69.6 Å². The molecule has 0 saturated carbocycles. The number of likely N-dealkylation sites (tertiary alicyclic amines) is 1. The number of piperidine rings is 1. The zero-order valence-corrected chi connectivity index (χ0v) is 15.0. The van der Waals surface area contributed by atoms with Gasteiger partial charge in [0.25, 0.3) is 0 Å². The van der Waals surface area contributed by atoms with Crippen LogP contribution in [0.4, 0.5) is 0 Å². The smallest absolute Gasteiger partial charge is 0.248 e. The van der Waals surface area contributed by atoms with Gasteiger partial charge >= 0.3 is 0 Å². The lowest BCUT2D eigenvalue weighted by Crippen LogP contribution is -2.51. The highest BCUT2D eigenvalue weighted by atomic mass is 16.2. The van der Waals surface area contributed by atoms with Gasteiger partial charge in [0.1, 0.15) is 0 Å². The van der Waals surface area contributed by atoms with Crippen molar-refractivity contribution in [3.8, 4) is 0 Å². The molecule has 26 heavy (non-hydrogen) atoms. The average molecular weight is 351 g/mol. The summed E-state index contributed by atoms with van der Waals surface area (Å²) >= 11 is 0. The molecule has 1 unspecified atom stereocenters. The summed E-state index contributed by atoms with van der Waals surface area (Å²) < 4.78 is 0. The lowest BCUT2D eigenvalue weighted by Gasteiger charge is -2.39. The maximum atomic E-state index is 13.2. The highest BCUT2D eigenvalue weighted by Gasteiger charge is 2.33. The SMILES string of the molecule is O=C(C1CCCCN1Cc1ccccc1)N1CCc2cc(=O)[nH]cc2C1. The molecule has 0 spiro atoms. The molecule has 5 heteroatoms. The number of nitrogens with zero attached hydrogens (tertiary/aromatic N) is 2. The second-order valence-electron chi connectivity index (χ2n) is 7.33. The Morgan fingerprint density at radius 3 is 2.81 bits per heavy atom. The normalized spacial score (nSPS) is 20.6. The Morgan fingerprint density at radius 1 is 1.12 bits per heavy atom. The van der Waals surface area contributed by atoms with Crippen molar-refractivity contribution in [2.24, 2.45) is 0 Å². The molecule has 1 saturated heterocycles. The number of hydrogen-bond acceptors (Lipinski definition) is 3. The molecule has 1 amide bonds. The van der Waals surface area contributed by atoms with Crippen LogP contribution in [0.5, 0.6) is 0 Å². The fourth-order valence-electron chi connectivity index (χ4n) is 4.14. The average Bonchev–Trinajstić information content (AvgIpc) is 2.68. The fourth-order valence-corrected chi connectivity index (χ4v) is 4.14.